The predicted molar refractivity (Wildman–Crippen MR) is 67.0 cm³/mol. The molecule has 1 fully saturated rings. The highest BCUT2D eigenvalue weighted by Gasteiger charge is 2.20. The molecule has 1 aliphatic rings. The Kier molecular flexibility index (Phi) is 5.81. The van der Waals surface area contributed by atoms with E-state index < -0.39 is 0 Å². The maximum atomic E-state index is 11.7. The number of hydrogen-bond donors (Lipinski definition) is 2. The fraction of sp³-hybridized carbons (Fsp3) is 0.923. The molecule has 3 unspecified atom stereocenters. The number of hydrogen-bond acceptors (Lipinski definition) is 2. The Morgan fingerprint density at radius 3 is 2.88 bits per heavy atom. The Morgan fingerprint density at radius 1 is 1.50 bits per heavy atom. The van der Waals surface area contributed by atoms with Gasteiger partial charge in [-0.05, 0) is 37.6 Å². The molecule has 3 N–H and O–H groups in total. The highest BCUT2D eigenvalue weighted by molar-refractivity contribution is 5.78. The van der Waals surface area contributed by atoms with E-state index >= 15 is 0 Å². The monoisotopic (exact) mass is 226 g/mol. The van der Waals surface area contributed by atoms with Gasteiger partial charge >= 0.3 is 0 Å². The third kappa shape index (κ3) is 4.52. The van der Waals surface area contributed by atoms with Gasteiger partial charge in [-0.1, -0.05) is 26.7 Å². The largest absolute Gasteiger partial charge is 0.356 e. The average Bonchev–Trinajstić information content (AvgIpc) is 2.26. The molecule has 3 nitrogen and oxygen atoms in total. The first-order valence-corrected chi connectivity index (χ1v) is 6.61. The van der Waals surface area contributed by atoms with Gasteiger partial charge in [-0.15, -0.1) is 0 Å². The molecule has 0 aromatic rings. The van der Waals surface area contributed by atoms with E-state index in [4.69, 9.17) is 5.73 Å². The number of amides is 1. The fourth-order valence-electron chi connectivity index (χ4n) is 2.55. The average molecular weight is 226 g/mol. The summed E-state index contributed by atoms with van der Waals surface area (Å²) in [6.07, 6.45) is 6.00. The Morgan fingerprint density at radius 2 is 2.25 bits per heavy atom. The standard InChI is InChI=1S/C13H26N2O/c1-10-4-3-5-12(8-10)9-15-13(16)11(2)6-7-14/h10-12H,3-9,14H2,1-2H3,(H,15,16). The minimum Gasteiger partial charge on any atom is -0.356 e. The summed E-state index contributed by atoms with van der Waals surface area (Å²) >= 11 is 0. The van der Waals surface area contributed by atoms with E-state index in [0.29, 0.717) is 12.5 Å². The van der Waals surface area contributed by atoms with Gasteiger partial charge in [-0.3, -0.25) is 4.79 Å². The maximum absolute atomic E-state index is 11.7. The lowest BCUT2D eigenvalue weighted by Crippen LogP contribution is -2.35. The first-order chi connectivity index (χ1) is 7.63. The normalized spacial score (nSPS) is 27.4. The van der Waals surface area contributed by atoms with E-state index in [9.17, 15) is 4.79 Å². The van der Waals surface area contributed by atoms with Crippen LogP contribution in [0.5, 0.6) is 0 Å². The highest BCUT2D eigenvalue weighted by Crippen LogP contribution is 2.27. The van der Waals surface area contributed by atoms with Crippen molar-refractivity contribution in [3.63, 3.8) is 0 Å². The van der Waals surface area contributed by atoms with Crippen LogP contribution in [0.4, 0.5) is 0 Å². The van der Waals surface area contributed by atoms with Crippen molar-refractivity contribution >= 4 is 5.91 Å². The van der Waals surface area contributed by atoms with E-state index in [2.05, 4.69) is 12.2 Å². The molecule has 0 radical (unpaired) electrons. The van der Waals surface area contributed by atoms with Crippen molar-refractivity contribution in [2.24, 2.45) is 23.5 Å². The van der Waals surface area contributed by atoms with Crippen molar-refractivity contribution < 1.29 is 4.79 Å². The molecule has 0 spiro atoms. The third-order valence-corrected chi connectivity index (χ3v) is 3.66. The smallest absolute Gasteiger partial charge is 0.222 e. The molecule has 0 aromatic heterocycles. The van der Waals surface area contributed by atoms with Gasteiger partial charge in [0.15, 0.2) is 0 Å². The Hall–Kier alpha value is -0.570. The van der Waals surface area contributed by atoms with Gasteiger partial charge in [0.2, 0.25) is 5.91 Å². The second-order valence-electron chi connectivity index (χ2n) is 5.36. The summed E-state index contributed by atoms with van der Waals surface area (Å²) in [5, 5.41) is 3.06. The van der Waals surface area contributed by atoms with Gasteiger partial charge in [0.05, 0.1) is 0 Å². The van der Waals surface area contributed by atoms with E-state index in [1.54, 1.807) is 0 Å². The second-order valence-corrected chi connectivity index (χ2v) is 5.36. The first kappa shape index (κ1) is 13.5. The minimum absolute atomic E-state index is 0.0611. The Bertz CT molecular complexity index is 218. The zero-order valence-corrected chi connectivity index (χ0v) is 10.7. The van der Waals surface area contributed by atoms with Crippen molar-refractivity contribution in [2.75, 3.05) is 13.1 Å². The van der Waals surface area contributed by atoms with Crippen LogP contribution in [-0.2, 0) is 4.79 Å². The molecule has 0 saturated heterocycles. The number of carbonyl (C=O) groups excluding carboxylic acids is 1. The van der Waals surface area contributed by atoms with Crippen molar-refractivity contribution in [3.05, 3.63) is 0 Å². The molecule has 0 bridgehead atoms. The lowest BCUT2D eigenvalue weighted by atomic mass is 9.82. The van der Waals surface area contributed by atoms with E-state index in [-0.39, 0.29) is 11.8 Å². The van der Waals surface area contributed by atoms with Gasteiger partial charge in [0, 0.05) is 12.5 Å². The molecule has 1 aliphatic carbocycles. The summed E-state index contributed by atoms with van der Waals surface area (Å²) in [6.45, 7) is 5.71. The molecule has 94 valence electrons. The lowest BCUT2D eigenvalue weighted by Gasteiger charge is -2.27. The van der Waals surface area contributed by atoms with Crippen LogP contribution in [0.25, 0.3) is 0 Å². The zero-order valence-electron chi connectivity index (χ0n) is 10.7. The zero-order chi connectivity index (χ0) is 12.0. The van der Waals surface area contributed by atoms with Gasteiger partial charge in [-0.2, -0.15) is 0 Å². The lowest BCUT2D eigenvalue weighted by molar-refractivity contribution is -0.124. The third-order valence-electron chi connectivity index (χ3n) is 3.66. The van der Waals surface area contributed by atoms with Crippen molar-refractivity contribution in [2.45, 2.75) is 46.0 Å². The van der Waals surface area contributed by atoms with Crippen LogP contribution in [0.15, 0.2) is 0 Å². The van der Waals surface area contributed by atoms with Crippen LogP contribution in [0.1, 0.15) is 46.0 Å². The molecule has 1 amide bonds. The molecule has 1 rings (SSSR count). The van der Waals surface area contributed by atoms with Crippen LogP contribution < -0.4 is 11.1 Å². The van der Waals surface area contributed by atoms with Crippen LogP contribution in [0.3, 0.4) is 0 Å². The van der Waals surface area contributed by atoms with E-state index in [0.717, 1.165) is 18.9 Å². The summed E-state index contributed by atoms with van der Waals surface area (Å²) in [4.78, 5) is 11.7. The SMILES string of the molecule is CC1CCCC(CNC(=O)C(C)CCN)C1. The predicted octanol–water partition coefficient (Wildman–Crippen LogP) is 1.91. The Balaban J connectivity index is 2.20. The van der Waals surface area contributed by atoms with Gasteiger partial charge in [0.1, 0.15) is 0 Å². The van der Waals surface area contributed by atoms with E-state index in [1.165, 1.54) is 25.7 Å². The molecule has 16 heavy (non-hydrogen) atoms. The summed E-state index contributed by atoms with van der Waals surface area (Å²) in [7, 11) is 0. The molecule has 3 heteroatoms. The molecule has 0 heterocycles. The van der Waals surface area contributed by atoms with Crippen molar-refractivity contribution in [1.29, 1.82) is 0 Å². The van der Waals surface area contributed by atoms with Gasteiger partial charge < -0.3 is 11.1 Å². The van der Waals surface area contributed by atoms with Crippen LogP contribution in [-0.4, -0.2) is 19.0 Å². The molecule has 1 saturated carbocycles. The van der Waals surface area contributed by atoms with Crippen LogP contribution in [0, 0.1) is 17.8 Å². The fourth-order valence-corrected chi connectivity index (χ4v) is 2.55. The number of nitrogens with one attached hydrogen (secondary N) is 1. The minimum atomic E-state index is 0.0611. The van der Waals surface area contributed by atoms with Crippen molar-refractivity contribution in [3.8, 4) is 0 Å². The summed E-state index contributed by atoms with van der Waals surface area (Å²) in [6, 6.07) is 0. The number of rotatable bonds is 5. The number of carbonyl (C=O) groups is 1. The van der Waals surface area contributed by atoms with Gasteiger partial charge in [0.25, 0.3) is 0 Å². The topological polar surface area (TPSA) is 55.1 Å². The van der Waals surface area contributed by atoms with Crippen LogP contribution >= 0.6 is 0 Å². The summed E-state index contributed by atoms with van der Waals surface area (Å²) < 4.78 is 0. The van der Waals surface area contributed by atoms with Crippen molar-refractivity contribution in [1.82, 2.24) is 5.32 Å². The second kappa shape index (κ2) is 6.89. The maximum Gasteiger partial charge on any atom is 0.222 e. The van der Waals surface area contributed by atoms with Crippen LogP contribution in [0.2, 0.25) is 0 Å². The van der Waals surface area contributed by atoms with Gasteiger partial charge in [-0.25, -0.2) is 0 Å². The quantitative estimate of drug-likeness (QED) is 0.752. The Labute approximate surface area is 99.2 Å². The summed E-state index contributed by atoms with van der Waals surface area (Å²) in [5.41, 5.74) is 5.44. The number of nitrogens with two attached hydrogens (primary N) is 1. The molecule has 3 atom stereocenters. The summed E-state index contributed by atoms with van der Waals surface area (Å²) in [5.74, 6) is 1.75. The molecular weight excluding hydrogens is 200 g/mol. The first-order valence-electron chi connectivity index (χ1n) is 6.61. The molecule has 0 aliphatic heterocycles. The highest BCUT2D eigenvalue weighted by atomic mass is 16.1. The van der Waals surface area contributed by atoms with E-state index in [1.807, 2.05) is 6.92 Å². The molecule has 0 aromatic carbocycles. The molecular formula is C13H26N2O.